The van der Waals surface area contributed by atoms with Crippen molar-refractivity contribution in [1.29, 1.82) is 0 Å². The average molecular weight is 563 g/mol. The maximum atomic E-state index is 13.7. The fraction of sp³-hybridized carbons (Fsp3) is 0.324. The molecule has 214 valence electrons. The lowest BCUT2D eigenvalue weighted by Crippen LogP contribution is -2.42. The van der Waals surface area contributed by atoms with Gasteiger partial charge in [-0.25, -0.2) is 9.78 Å². The number of hydrogen-bond donors (Lipinski definition) is 2. The highest BCUT2D eigenvalue weighted by Gasteiger charge is 2.29. The summed E-state index contributed by atoms with van der Waals surface area (Å²) in [6.45, 7) is 2.33. The normalized spacial score (nSPS) is 16.3. The summed E-state index contributed by atoms with van der Waals surface area (Å²) < 4.78 is 7.56. The van der Waals surface area contributed by atoms with Gasteiger partial charge in [0, 0.05) is 41.8 Å². The first-order chi connectivity index (χ1) is 20.6. The van der Waals surface area contributed by atoms with Crippen LogP contribution < -0.4 is 0 Å². The molecule has 3 aromatic heterocycles. The van der Waals surface area contributed by atoms with Gasteiger partial charge in [-0.3, -0.25) is 4.79 Å². The molecule has 1 aliphatic carbocycles. The molecule has 2 fully saturated rings. The van der Waals surface area contributed by atoms with Crippen LogP contribution in [-0.4, -0.2) is 62.7 Å². The molecular formula is C34H34N4O4. The molecule has 0 radical (unpaired) electrons. The largest absolute Gasteiger partial charge is 0.478 e. The second kappa shape index (κ2) is 11.1. The van der Waals surface area contributed by atoms with Gasteiger partial charge < -0.3 is 24.3 Å². The summed E-state index contributed by atoms with van der Waals surface area (Å²) in [5, 5.41) is 11.9. The molecule has 8 heteroatoms. The zero-order valence-corrected chi connectivity index (χ0v) is 23.5. The zero-order chi connectivity index (χ0) is 28.6. The van der Waals surface area contributed by atoms with E-state index in [2.05, 4.69) is 33.8 Å². The van der Waals surface area contributed by atoms with Gasteiger partial charge in [0.15, 0.2) is 0 Å². The number of aromatic amines is 1. The van der Waals surface area contributed by atoms with E-state index in [1.807, 2.05) is 35.5 Å². The number of carbonyl (C=O) groups excluding carboxylic acids is 1. The van der Waals surface area contributed by atoms with Crippen LogP contribution in [0.1, 0.15) is 53.9 Å². The lowest BCUT2D eigenvalue weighted by Gasteiger charge is -2.28. The van der Waals surface area contributed by atoms with Gasteiger partial charge in [0.2, 0.25) is 5.91 Å². The highest BCUT2D eigenvalue weighted by atomic mass is 16.5. The average Bonchev–Trinajstić information content (AvgIpc) is 3.68. The molecule has 2 aromatic carbocycles. The van der Waals surface area contributed by atoms with Crippen LogP contribution in [0.15, 0.2) is 67.0 Å². The third-order valence-corrected chi connectivity index (χ3v) is 8.88. The first-order valence-electron chi connectivity index (χ1n) is 14.9. The number of ether oxygens (including phenoxy) is 1. The van der Waals surface area contributed by atoms with Crippen LogP contribution in [0.5, 0.6) is 0 Å². The minimum absolute atomic E-state index is 0.0194. The first-order valence-corrected chi connectivity index (χ1v) is 14.9. The highest BCUT2D eigenvalue weighted by Crippen LogP contribution is 2.45. The topological polar surface area (TPSA) is 100 Å². The van der Waals surface area contributed by atoms with Crippen molar-refractivity contribution in [1.82, 2.24) is 19.4 Å². The number of aromatic carboxylic acids is 1. The van der Waals surface area contributed by atoms with Crippen molar-refractivity contribution < 1.29 is 19.4 Å². The molecule has 0 spiro atoms. The molecule has 8 nitrogen and oxygen atoms in total. The summed E-state index contributed by atoms with van der Waals surface area (Å²) in [4.78, 5) is 35.6. The Morgan fingerprint density at radius 2 is 1.79 bits per heavy atom. The molecule has 1 amide bonds. The molecule has 4 heterocycles. The first kappa shape index (κ1) is 26.5. The summed E-state index contributed by atoms with van der Waals surface area (Å²) in [5.41, 5.74) is 7.13. The fourth-order valence-electron chi connectivity index (χ4n) is 6.75. The van der Waals surface area contributed by atoms with E-state index in [4.69, 9.17) is 9.72 Å². The monoisotopic (exact) mass is 562 g/mol. The van der Waals surface area contributed by atoms with Crippen LogP contribution in [-0.2, 0) is 16.1 Å². The number of rotatable bonds is 6. The molecule has 0 atom stereocenters. The quantitative estimate of drug-likeness (QED) is 0.248. The Bertz CT molecular complexity index is 1780. The number of amides is 1. The summed E-state index contributed by atoms with van der Waals surface area (Å²) in [6, 6.07) is 17.9. The van der Waals surface area contributed by atoms with E-state index >= 15 is 0 Å². The van der Waals surface area contributed by atoms with Crippen molar-refractivity contribution in [2.24, 2.45) is 0 Å². The van der Waals surface area contributed by atoms with E-state index in [-0.39, 0.29) is 18.0 Å². The standard InChI is InChI=1S/C34H34N4O4/c39-31(37-14-16-42-17-15-37)21-38-30-19-25(34(40)41)6-9-27(30)32(22-4-2-1-3-5-22)33(38)24-8-11-28-23(18-24)7-10-29(36-28)26-12-13-35-20-26/h6-13,18-20,22,35H,1-5,14-17,21H2,(H,40,41). The Morgan fingerprint density at radius 3 is 2.55 bits per heavy atom. The third kappa shape index (κ3) is 4.86. The van der Waals surface area contributed by atoms with Crippen molar-refractivity contribution in [2.45, 2.75) is 44.6 Å². The molecule has 1 saturated carbocycles. The summed E-state index contributed by atoms with van der Waals surface area (Å²) in [6.07, 6.45) is 9.56. The number of pyridine rings is 1. The summed E-state index contributed by atoms with van der Waals surface area (Å²) >= 11 is 0. The van der Waals surface area contributed by atoms with E-state index in [9.17, 15) is 14.7 Å². The van der Waals surface area contributed by atoms with Gasteiger partial charge in [-0.15, -0.1) is 0 Å². The molecule has 1 saturated heterocycles. The number of carbonyl (C=O) groups is 2. The summed E-state index contributed by atoms with van der Waals surface area (Å²) in [5.74, 6) is -0.609. The smallest absolute Gasteiger partial charge is 0.335 e. The number of nitrogens with zero attached hydrogens (tertiary/aromatic N) is 3. The number of carboxylic acid groups (broad SMARTS) is 1. The molecule has 42 heavy (non-hydrogen) atoms. The molecule has 0 bridgehead atoms. The fourth-order valence-corrected chi connectivity index (χ4v) is 6.75. The third-order valence-electron chi connectivity index (χ3n) is 8.88. The Kier molecular flexibility index (Phi) is 6.99. The SMILES string of the molecule is O=C(O)c1ccc2c(C3CCCCC3)c(-c3ccc4nc(-c5cc[nH]c5)ccc4c3)n(CC(=O)N3CCOCC3)c2c1. The van der Waals surface area contributed by atoms with E-state index in [1.165, 1.54) is 24.8 Å². The molecule has 2 aliphatic rings. The van der Waals surface area contributed by atoms with Gasteiger partial charge in [0.05, 0.1) is 41.2 Å². The van der Waals surface area contributed by atoms with Crippen LogP contribution in [0, 0.1) is 0 Å². The van der Waals surface area contributed by atoms with Gasteiger partial charge in [0.25, 0.3) is 0 Å². The van der Waals surface area contributed by atoms with Crippen LogP contribution in [0.3, 0.4) is 0 Å². The van der Waals surface area contributed by atoms with Crippen LogP contribution in [0.2, 0.25) is 0 Å². The number of nitrogens with one attached hydrogen (secondary N) is 1. The van der Waals surface area contributed by atoms with Crippen molar-refractivity contribution in [2.75, 3.05) is 26.3 Å². The van der Waals surface area contributed by atoms with Crippen LogP contribution >= 0.6 is 0 Å². The number of hydrogen-bond acceptors (Lipinski definition) is 4. The van der Waals surface area contributed by atoms with Crippen LogP contribution in [0.4, 0.5) is 0 Å². The second-order valence-electron chi connectivity index (χ2n) is 11.4. The lowest BCUT2D eigenvalue weighted by molar-refractivity contribution is -0.135. The number of aromatic nitrogens is 3. The second-order valence-corrected chi connectivity index (χ2v) is 11.4. The molecule has 1 aliphatic heterocycles. The van der Waals surface area contributed by atoms with Crippen molar-refractivity contribution in [3.05, 3.63) is 78.1 Å². The van der Waals surface area contributed by atoms with E-state index in [0.717, 1.165) is 57.2 Å². The van der Waals surface area contributed by atoms with Crippen LogP contribution in [0.25, 0.3) is 44.3 Å². The van der Waals surface area contributed by atoms with E-state index < -0.39 is 5.97 Å². The van der Waals surface area contributed by atoms with Crippen molar-refractivity contribution in [3.8, 4) is 22.5 Å². The maximum absolute atomic E-state index is 13.7. The Labute approximate surface area is 243 Å². The number of carboxylic acids is 1. The Morgan fingerprint density at radius 1 is 0.952 bits per heavy atom. The number of benzene rings is 2. The van der Waals surface area contributed by atoms with Gasteiger partial charge >= 0.3 is 5.97 Å². The number of morpholine rings is 1. The molecule has 2 N–H and O–H groups in total. The van der Waals surface area contributed by atoms with E-state index in [1.54, 1.807) is 12.1 Å². The van der Waals surface area contributed by atoms with Crippen molar-refractivity contribution >= 4 is 33.7 Å². The van der Waals surface area contributed by atoms with Gasteiger partial charge in [-0.05, 0) is 66.3 Å². The predicted molar refractivity (Wildman–Crippen MR) is 163 cm³/mol. The van der Waals surface area contributed by atoms with Gasteiger partial charge in [-0.1, -0.05) is 37.5 Å². The highest BCUT2D eigenvalue weighted by molar-refractivity contribution is 6.00. The minimum Gasteiger partial charge on any atom is -0.478 e. The van der Waals surface area contributed by atoms with Gasteiger partial charge in [0.1, 0.15) is 6.54 Å². The lowest BCUT2D eigenvalue weighted by atomic mass is 9.81. The number of fused-ring (bicyclic) bond motifs is 2. The van der Waals surface area contributed by atoms with E-state index in [0.29, 0.717) is 32.2 Å². The Balaban J connectivity index is 1.42. The molecule has 7 rings (SSSR count). The minimum atomic E-state index is -0.972. The van der Waals surface area contributed by atoms with Crippen molar-refractivity contribution in [3.63, 3.8) is 0 Å². The Hall–Kier alpha value is -4.43. The predicted octanol–water partition coefficient (Wildman–Crippen LogP) is 6.46. The van der Waals surface area contributed by atoms with Gasteiger partial charge in [-0.2, -0.15) is 0 Å². The zero-order valence-electron chi connectivity index (χ0n) is 23.5. The summed E-state index contributed by atoms with van der Waals surface area (Å²) in [7, 11) is 0. The molecular weight excluding hydrogens is 528 g/mol. The molecule has 5 aromatic rings. The maximum Gasteiger partial charge on any atom is 0.335 e. The molecule has 0 unspecified atom stereocenters. The number of H-pyrrole nitrogens is 1.